The molecule has 0 aliphatic carbocycles. The van der Waals surface area contributed by atoms with Gasteiger partial charge in [0.25, 0.3) is 0 Å². The van der Waals surface area contributed by atoms with Crippen molar-refractivity contribution in [3.05, 3.63) is 71.0 Å². The number of benzene rings is 2. The summed E-state index contributed by atoms with van der Waals surface area (Å²) in [6, 6.07) is 14.4. The molecule has 0 unspecified atom stereocenters. The molecule has 1 amide bonds. The Bertz CT molecular complexity index is 820. The second kappa shape index (κ2) is 6.76. The van der Waals surface area contributed by atoms with Gasteiger partial charge in [-0.15, -0.1) is 0 Å². The second-order valence-corrected chi connectivity index (χ2v) is 6.41. The zero-order chi connectivity index (χ0) is 18.0. The number of carbonyl (C=O) groups excluding carboxylic acids is 1. The lowest BCUT2D eigenvalue weighted by atomic mass is 9.81. The number of carbonyl (C=O) groups is 1. The third kappa shape index (κ3) is 3.07. The molecule has 1 N–H and O–H groups in total. The lowest BCUT2D eigenvalue weighted by molar-refractivity contribution is -0.135. The summed E-state index contributed by atoms with van der Waals surface area (Å²) in [4.78, 5) is 12.3. The average Bonchev–Trinajstić information content (AvgIpc) is 2.99. The second-order valence-electron chi connectivity index (χ2n) is 6.41. The van der Waals surface area contributed by atoms with Crippen LogP contribution in [-0.2, 0) is 10.3 Å². The van der Waals surface area contributed by atoms with Gasteiger partial charge in [0.2, 0.25) is 5.91 Å². The molecule has 130 valence electrons. The van der Waals surface area contributed by atoms with E-state index < -0.39 is 5.54 Å². The van der Waals surface area contributed by atoms with Crippen LogP contribution in [0.15, 0.2) is 53.6 Å². The number of aryl methyl sites for hydroxylation is 1. The van der Waals surface area contributed by atoms with E-state index in [-0.39, 0.29) is 18.3 Å². The molecule has 3 rings (SSSR count). The Labute approximate surface area is 146 Å². The van der Waals surface area contributed by atoms with Crippen LogP contribution in [0.25, 0.3) is 0 Å². The minimum absolute atomic E-state index is 0.0994. The maximum Gasteiger partial charge on any atom is 0.240 e. The molecular formula is C20H21FN2O2. The van der Waals surface area contributed by atoms with E-state index in [4.69, 9.17) is 0 Å². The number of aliphatic hydroxyl groups excluding tert-OH is 1. The number of nitrogens with zero attached hydrogens (tertiary/aromatic N) is 2. The van der Waals surface area contributed by atoms with Crippen LogP contribution in [0.4, 0.5) is 4.39 Å². The highest BCUT2D eigenvalue weighted by Gasteiger charge is 2.46. The molecule has 0 saturated carbocycles. The van der Waals surface area contributed by atoms with E-state index in [0.717, 1.165) is 11.1 Å². The first kappa shape index (κ1) is 17.3. The summed E-state index contributed by atoms with van der Waals surface area (Å²) in [5.41, 5.74) is 1.93. The van der Waals surface area contributed by atoms with Gasteiger partial charge in [0, 0.05) is 31.9 Å². The Kier molecular flexibility index (Phi) is 4.68. The van der Waals surface area contributed by atoms with E-state index in [1.165, 1.54) is 18.0 Å². The predicted octanol–water partition coefficient (Wildman–Crippen LogP) is 3.37. The minimum Gasteiger partial charge on any atom is -0.396 e. The number of amides is 1. The maximum atomic E-state index is 14.4. The summed E-state index contributed by atoms with van der Waals surface area (Å²) < 4.78 is 14.4. The third-order valence-electron chi connectivity index (χ3n) is 4.65. The number of hydrogen-bond donors (Lipinski definition) is 1. The smallest absolute Gasteiger partial charge is 0.240 e. The molecule has 4 nitrogen and oxygen atoms in total. The fourth-order valence-corrected chi connectivity index (χ4v) is 3.48. The molecule has 0 radical (unpaired) electrons. The molecule has 1 aliphatic heterocycles. The molecule has 0 aromatic heterocycles. The van der Waals surface area contributed by atoms with Gasteiger partial charge in [-0.1, -0.05) is 42.0 Å². The maximum absolute atomic E-state index is 14.4. The first-order chi connectivity index (χ1) is 12.0. The van der Waals surface area contributed by atoms with Crippen molar-refractivity contribution >= 4 is 11.6 Å². The molecule has 2 aromatic carbocycles. The molecular weight excluding hydrogens is 319 g/mol. The third-order valence-corrected chi connectivity index (χ3v) is 4.65. The lowest BCUT2D eigenvalue weighted by Crippen LogP contribution is -2.43. The van der Waals surface area contributed by atoms with Gasteiger partial charge in [-0.25, -0.2) is 9.40 Å². The first-order valence-corrected chi connectivity index (χ1v) is 8.29. The highest BCUT2D eigenvalue weighted by atomic mass is 19.1. The van der Waals surface area contributed by atoms with Crippen LogP contribution in [0.3, 0.4) is 0 Å². The summed E-state index contributed by atoms with van der Waals surface area (Å²) in [6.45, 7) is 3.23. The summed E-state index contributed by atoms with van der Waals surface area (Å²) >= 11 is 0. The molecule has 2 aromatic rings. The van der Waals surface area contributed by atoms with Gasteiger partial charge in [0.15, 0.2) is 0 Å². The molecule has 5 heteroatoms. The van der Waals surface area contributed by atoms with E-state index in [2.05, 4.69) is 5.10 Å². The first-order valence-electron chi connectivity index (χ1n) is 8.29. The molecule has 0 spiro atoms. The Morgan fingerprint density at radius 3 is 2.64 bits per heavy atom. The van der Waals surface area contributed by atoms with E-state index >= 15 is 0 Å². The van der Waals surface area contributed by atoms with E-state index in [9.17, 15) is 14.3 Å². The largest absolute Gasteiger partial charge is 0.396 e. The number of aliphatic hydroxyl groups is 1. The van der Waals surface area contributed by atoms with E-state index in [1.54, 1.807) is 12.1 Å². The van der Waals surface area contributed by atoms with Crippen molar-refractivity contribution in [2.24, 2.45) is 5.10 Å². The molecule has 1 atom stereocenters. The molecule has 0 bridgehead atoms. The Balaban J connectivity index is 2.12. The summed E-state index contributed by atoms with van der Waals surface area (Å²) in [7, 11) is 0. The standard InChI is InChI=1S/C20H21FN2O2/c1-14-8-9-18(21)17(12-14)19-13-20(10-11-24,23(22-19)15(2)25)16-6-4-3-5-7-16/h3-9,12,24H,10-11,13H2,1-2H3/t20-/m0/s1. The van der Waals surface area contributed by atoms with Crippen molar-refractivity contribution in [2.45, 2.75) is 32.2 Å². The highest BCUT2D eigenvalue weighted by Crippen LogP contribution is 2.42. The average molecular weight is 340 g/mol. The van der Waals surface area contributed by atoms with E-state index in [1.807, 2.05) is 37.3 Å². The minimum atomic E-state index is -0.798. The van der Waals surface area contributed by atoms with Crippen LogP contribution in [0.2, 0.25) is 0 Å². The topological polar surface area (TPSA) is 52.9 Å². The molecule has 1 aliphatic rings. The molecule has 25 heavy (non-hydrogen) atoms. The van der Waals surface area contributed by atoms with Crippen LogP contribution >= 0.6 is 0 Å². The zero-order valence-corrected chi connectivity index (χ0v) is 14.4. The number of hydrogen-bond acceptors (Lipinski definition) is 3. The monoisotopic (exact) mass is 340 g/mol. The van der Waals surface area contributed by atoms with Crippen molar-refractivity contribution in [2.75, 3.05) is 6.61 Å². The van der Waals surface area contributed by atoms with Crippen LogP contribution in [0.5, 0.6) is 0 Å². The Morgan fingerprint density at radius 1 is 1.28 bits per heavy atom. The summed E-state index contributed by atoms with van der Waals surface area (Å²) in [5, 5.41) is 15.5. The van der Waals surface area contributed by atoms with Crippen LogP contribution in [0, 0.1) is 12.7 Å². The van der Waals surface area contributed by atoms with Crippen LogP contribution in [-0.4, -0.2) is 28.3 Å². The Morgan fingerprint density at radius 2 is 2.00 bits per heavy atom. The van der Waals surface area contributed by atoms with Gasteiger partial charge in [0.05, 0.1) is 11.3 Å². The van der Waals surface area contributed by atoms with Crippen molar-refractivity contribution in [3.8, 4) is 0 Å². The van der Waals surface area contributed by atoms with Gasteiger partial charge < -0.3 is 5.11 Å². The van der Waals surface area contributed by atoms with Crippen LogP contribution < -0.4 is 0 Å². The fraction of sp³-hybridized carbons (Fsp3) is 0.300. The lowest BCUT2D eigenvalue weighted by Gasteiger charge is -2.36. The molecule has 1 heterocycles. The van der Waals surface area contributed by atoms with Crippen LogP contribution in [0.1, 0.15) is 36.5 Å². The SMILES string of the molecule is CC(=O)N1N=C(c2cc(C)ccc2F)C[C@@]1(CCO)c1ccccc1. The number of halogens is 1. The fourth-order valence-electron chi connectivity index (χ4n) is 3.48. The van der Waals surface area contributed by atoms with Gasteiger partial charge in [-0.3, -0.25) is 4.79 Å². The quantitative estimate of drug-likeness (QED) is 0.928. The van der Waals surface area contributed by atoms with Crippen molar-refractivity contribution < 1.29 is 14.3 Å². The van der Waals surface area contributed by atoms with Gasteiger partial charge >= 0.3 is 0 Å². The predicted molar refractivity (Wildman–Crippen MR) is 94.6 cm³/mol. The summed E-state index contributed by atoms with van der Waals surface area (Å²) in [6.07, 6.45) is 0.689. The van der Waals surface area contributed by atoms with Gasteiger partial charge in [-0.05, 0) is 24.6 Å². The van der Waals surface area contributed by atoms with E-state index in [0.29, 0.717) is 24.1 Å². The molecule has 0 saturated heterocycles. The van der Waals surface area contributed by atoms with Gasteiger partial charge in [0.1, 0.15) is 5.82 Å². The number of rotatable bonds is 4. The Hall–Kier alpha value is -2.53. The normalized spacial score (nSPS) is 19.8. The summed E-state index contributed by atoms with van der Waals surface area (Å²) in [5.74, 6) is -0.596. The van der Waals surface area contributed by atoms with Crippen molar-refractivity contribution in [1.82, 2.24) is 5.01 Å². The number of hydrazone groups is 1. The van der Waals surface area contributed by atoms with Crippen molar-refractivity contribution in [1.29, 1.82) is 0 Å². The zero-order valence-electron chi connectivity index (χ0n) is 14.4. The molecule has 0 fully saturated rings. The van der Waals surface area contributed by atoms with Crippen molar-refractivity contribution in [3.63, 3.8) is 0 Å². The van der Waals surface area contributed by atoms with Gasteiger partial charge in [-0.2, -0.15) is 5.10 Å². The highest BCUT2D eigenvalue weighted by molar-refractivity contribution is 6.04.